The number of thiophene rings is 1. The molecule has 0 fully saturated rings. The van der Waals surface area contributed by atoms with Crippen LogP contribution in [0.4, 0.5) is 0 Å². The van der Waals surface area contributed by atoms with E-state index in [1.54, 1.807) is 0 Å². The number of carboxylic acid groups (broad SMARTS) is 1. The normalized spacial score (nSPS) is 13.3. The van der Waals surface area contributed by atoms with Crippen LogP contribution in [0, 0.1) is 5.92 Å². The maximum Gasteiger partial charge on any atom is 0.317 e. The van der Waals surface area contributed by atoms with Crippen LogP contribution in [-0.2, 0) is 4.79 Å². The van der Waals surface area contributed by atoms with Crippen molar-refractivity contribution in [3.63, 3.8) is 0 Å². The summed E-state index contributed by atoms with van der Waals surface area (Å²) in [6.07, 6.45) is 0. The Morgan fingerprint density at radius 3 is 2.44 bits per heavy atom. The zero-order valence-corrected chi connectivity index (χ0v) is 12.9. The van der Waals surface area contributed by atoms with Gasteiger partial charge in [-0.1, -0.05) is 37.0 Å². The van der Waals surface area contributed by atoms with E-state index < -0.39 is 5.97 Å². The summed E-state index contributed by atoms with van der Waals surface area (Å²) in [4.78, 5) is 12.8. The first-order valence-corrected chi connectivity index (χ1v) is 7.29. The minimum Gasteiger partial charge on any atom is -0.480 e. The molecule has 1 aromatic heterocycles. The van der Waals surface area contributed by atoms with E-state index in [9.17, 15) is 4.79 Å². The summed E-state index contributed by atoms with van der Waals surface area (Å²) in [5, 5.41) is 8.97. The van der Waals surface area contributed by atoms with Crippen molar-refractivity contribution in [3.05, 3.63) is 20.3 Å². The summed E-state index contributed by atoms with van der Waals surface area (Å²) in [5.41, 5.74) is 0.897. The number of hydrogen-bond acceptors (Lipinski definition) is 3. The number of nitrogens with zero attached hydrogens (tertiary/aromatic N) is 1. The Morgan fingerprint density at radius 2 is 2.06 bits per heavy atom. The fourth-order valence-corrected chi connectivity index (χ4v) is 3.47. The Bertz CT molecular complexity index is 420. The Labute approximate surface area is 121 Å². The third kappa shape index (κ3) is 4.43. The molecule has 0 radical (unpaired) electrons. The van der Waals surface area contributed by atoms with Gasteiger partial charge < -0.3 is 5.11 Å². The highest BCUT2D eigenvalue weighted by Gasteiger charge is 2.22. The molecular formula is C12H17Cl2NO2S. The molecule has 0 aromatic carbocycles. The quantitative estimate of drug-likeness (QED) is 0.858. The molecule has 18 heavy (non-hydrogen) atoms. The highest BCUT2D eigenvalue weighted by molar-refractivity contribution is 7.20. The molecule has 0 aliphatic carbocycles. The van der Waals surface area contributed by atoms with Crippen molar-refractivity contribution in [2.45, 2.75) is 26.8 Å². The summed E-state index contributed by atoms with van der Waals surface area (Å²) in [6, 6.07) is 1.76. The summed E-state index contributed by atoms with van der Waals surface area (Å²) < 4.78 is 1.26. The van der Waals surface area contributed by atoms with Crippen molar-refractivity contribution in [2.24, 2.45) is 5.92 Å². The second kappa shape index (κ2) is 6.75. The molecule has 0 saturated carbocycles. The number of halogens is 2. The molecule has 0 aliphatic heterocycles. The van der Waals surface area contributed by atoms with Crippen molar-refractivity contribution in [1.82, 2.24) is 4.90 Å². The van der Waals surface area contributed by atoms with Gasteiger partial charge in [0.05, 0.1) is 15.2 Å². The van der Waals surface area contributed by atoms with Gasteiger partial charge >= 0.3 is 5.97 Å². The lowest BCUT2D eigenvalue weighted by atomic mass is 10.1. The number of hydrogen-bond donors (Lipinski definition) is 1. The van der Waals surface area contributed by atoms with Gasteiger partial charge in [-0.3, -0.25) is 9.69 Å². The van der Waals surface area contributed by atoms with Crippen LogP contribution in [0.15, 0.2) is 6.07 Å². The minimum absolute atomic E-state index is 0.00312. The fraction of sp³-hybridized carbons (Fsp3) is 0.583. The molecule has 1 rings (SSSR count). The van der Waals surface area contributed by atoms with Gasteiger partial charge in [-0.15, -0.1) is 11.3 Å². The van der Waals surface area contributed by atoms with Gasteiger partial charge in [-0.05, 0) is 18.9 Å². The molecule has 0 spiro atoms. The highest BCUT2D eigenvalue weighted by Crippen LogP contribution is 2.37. The maximum atomic E-state index is 10.9. The molecule has 1 atom stereocenters. The van der Waals surface area contributed by atoms with E-state index in [0.717, 1.165) is 5.56 Å². The molecule has 1 N–H and O–H groups in total. The molecule has 0 bridgehead atoms. The minimum atomic E-state index is -0.833. The van der Waals surface area contributed by atoms with E-state index in [2.05, 4.69) is 13.8 Å². The van der Waals surface area contributed by atoms with Gasteiger partial charge in [0.15, 0.2) is 0 Å². The first-order valence-electron chi connectivity index (χ1n) is 5.71. The smallest absolute Gasteiger partial charge is 0.317 e. The van der Waals surface area contributed by atoms with Gasteiger partial charge in [-0.2, -0.15) is 0 Å². The Kier molecular flexibility index (Phi) is 5.92. The van der Waals surface area contributed by atoms with Gasteiger partial charge in [-0.25, -0.2) is 0 Å². The van der Waals surface area contributed by atoms with Crippen molar-refractivity contribution in [2.75, 3.05) is 13.1 Å². The highest BCUT2D eigenvalue weighted by atomic mass is 35.5. The number of carbonyl (C=O) groups is 1. The van der Waals surface area contributed by atoms with Crippen LogP contribution in [-0.4, -0.2) is 29.1 Å². The zero-order valence-electron chi connectivity index (χ0n) is 10.6. The Morgan fingerprint density at radius 1 is 1.44 bits per heavy atom. The van der Waals surface area contributed by atoms with Crippen LogP contribution in [0.25, 0.3) is 0 Å². The summed E-state index contributed by atoms with van der Waals surface area (Å²) in [6.45, 7) is 6.78. The average Bonchev–Trinajstić information content (AvgIpc) is 2.54. The van der Waals surface area contributed by atoms with Crippen LogP contribution in [0.3, 0.4) is 0 Å². The second-order valence-corrected chi connectivity index (χ2v) is 6.96. The monoisotopic (exact) mass is 309 g/mol. The Hall–Kier alpha value is -0.290. The van der Waals surface area contributed by atoms with Crippen LogP contribution in [0.1, 0.15) is 32.4 Å². The van der Waals surface area contributed by atoms with E-state index in [4.69, 9.17) is 28.3 Å². The first kappa shape index (κ1) is 15.8. The van der Waals surface area contributed by atoms with Gasteiger partial charge in [0.2, 0.25) is 0 Å². The molecule has 0 amide bonds. The molecule has 1 heterocycles. The van der Waals surface area contributed by atoms with Crippen molar-refractivity contribution < 1.29 is 9.90 Å². The van der Waals surface area contributed by atoms with E-state index >= 15 is 0 Å². The van der Waals surface area contributed by atoms with Gasteiger partial charge in [0.1, 0.15) is 0 Å². The molecule has 1 aromatic rings. The van der Waals surface area contributed by atoms with E-state index in [1.165, 1.54) is 11.3 Å². The third-order valence-electron chi connectivity index (χ3n) is 2.62. The summed E-state index contributed by atoms with van der Waals surface area (Å²) in [5.74, 6) is -0.445. The molecule has 1 unspecified atom stereocenters. The lowest BCUT2D eigenvalue weighted by Crippen LogP contribution is -2.35. The fourth-order valence-electron chi connectivity index (χ4n) is 1.84. The largest absolute Gasteiger partial charge is 0.480 e. The van der Waals surface area contributed by atoms with Crippen LogP contribution in [0.5, 0.6) is 0 Å². The average molecular weight is 310 g/mol. The molecule has 3 nitrogen and oxygen atoms in total. The van der Waals surface area contributed by atoms with E-state index in [0.29, 0.717) is 21.1 Å². The van der Waals surface area contributed by atoms with E-state index in [1.807, 2.05) is 17.9 Å². The number of aliphatic carboxylic acids is 1. The Balaban J connectivity index is 2.90. The lowest BCUT2D eigenvalue weighted by Gasteiger charge is -2.29. The number of rotatable bonds is 6. The van der Waals surface area contributed by atoms with Crippen molar-refractivity contribution in [1.29, 1.82) is 0 Å². The van der Waals surface area contributed by atoms with Crippen molar-refractivity contribution in [3.8, 4) is 0 Å². The van der Waals surface area contributed by atoms with Crippen LogP contribution < -0.4 is 0 Å². The SMILES string of the molecule is CC(C)CN(CC(=O)O)C(C)c1cc(Cl)sc1Cl. The topological polar surface area (TPSA) is 40.5 Å². The molecule has 0 aliphatic rings. The maximum absolute atomic E-state index is 10.9. The van der Waals surface area contributed by atoms with Crippen molar-refractivity contribution >= 4 is 40.5 Å². The molecule has 102 valence electrons. The molecular weight excluding hydrogens is 293 g/mol. The first-order chi connectivity index (χ1) is 8.31. The lowest BCUT2D eigenvalue weighted by molar-refractivity contribution is -0.139. The zero-order chi connectivity index (χ0) is 13.9. The van der Waals surface area contributed by atoms with Crippen LogP contribution in [0.2, 0.25) is 8.67 Å². The molecule has 0 saturated heterocycles. The standard InChI is InChI=1S/C12H17Cl2NO2S/c1-7(2)5-15(6-11(16)17)8(3)9-4-10(13)18-12(9)14/h4,7-8H,5-6H2,1-3H3,(H,16,17). The van der Waals surface area contributed by atoms with Crippen LogP contribution >= 0.6 is 34.5 Å². The number of carboxylic acids is 1. The summed E-state index contributed by atoms with van der Waals surface area (Å²) >= 11 is 13.4. The summed E-state index contributed by atoms with van der Waals surface area (Å²) in [7, 11) is 0. The third-order valence-corrected chi connectivity index (χ3v) is 4.14. The second-order valence-electron chi connectivity index (χ2n) is 4.67. The predicted molar refractivity (Wildman–Crippen MR) is 76.8 cm³/mol. The molecule has 6 heteroatoms. The van der Waals surface area contributed by atoms with E-state index in [-0.39, 0.29) is 12.6 Å². The van der Waals surface area contributed by atoms with Gasteiger partial charge in [0, 0.05) is 18.2 Å². The van der Waals surface area contributed by atoms with Gasteiger partial charge in [0.25, 0.3) is 0 Å². The predicted octanol–water partition coefficient (Wildman–Crippen LogP) is 4.16.